The molecular weight excluding hydrogens is 291 g/mol. The van der Waals surface area contributed by atoms with Crippen molar-refractivity contribution in [1.29, 1.82) is 0 Å². The van der Waals surface area contributed by atoms with Crippen molar-refractivity contribution in [2.75, 3.05) is 5.32 Å². The lowest BCUT2D eigenvalue weighted by atomic mass is 10.2. The summed E-state index contributed by atoms with van der Waals surface area (Å²) in [6.45, 7) is 7.14. The van der Waals surface area contributed by atoms with Gasteiger partial charge >= 0.3 is 0 Å². The van der Waals surface area contributed by atoms with Crippen molar-refractivity contribution < 1.29 is 13.2 Å². The Morgan fingerprint density at radius 3 is 2.00 bits per heavy atom. The molecule has 2 aromatic rings. The van der Waals surface area contributed by atoms with E-state index in [1.807, 2.05) is 12.1 Å². The van der Waals surface area contributed by atoms with Crippen LogP contribution in [0.25, 0.3) is 0 Å². The zero-order valence-electron chi connectivity index (χ0n) is 12.3. The normalized spacial score (nSPS) is 11.5. The summed E-state index contributed by atoms with van der Waals surface area (Å²) in [5.41, 5.74) is 0.921. The number of benzene rings is 2. The van der Waals surface area contributed by atoms with Gasteiger partial charge in [-0.05, 0) is 5.56 Å². The van der Waals surface area contributed by atoms with E-state index in [0.29, 0.717) is 12.6 Å². The largest absolute Gasteiger partial charge is 0.379 e. The molecule has 5 heteroatoms. The predicted octanol–water partition coefficient (Wildman–Crippen LogP) is 4.26. The molecule has 1 nitrogen and oxygen atoms in total. The van der Waals surface area contributed by atoms with Crippen LogP contribution < -0.4 is 10.5 Å². The molecule has 0 amide bonds. The van der Waals surface area contributed by atoms with Crippen LogP contribution in [0.5, 0.6) is 0 Å². The number of nitrogens with one attached hydrogen (secondary N) is 1. The maximum atomic E-state index is 13.5. The first kappa shape index (κ1) is 15.6. The summed E-state index contributed by atoms with van der Waals surface area (Å²) < 4.78 is 39.4. The van der Waals surface area contributed by atoms with Gasteiger partial charge in [0.1, 0.15) is 5.82 Å². The van der Waals surface area contributed by atoms with E-state index in [0.717, 1.165) is 11.6 Å². The lowest BCUT2D eigenvalue weighted by molar-refractivity contribution is 0.496. The van der Waals surface area contributed by atoms with Gasteiger partial charge in [0, 0.05) is 18.7 Å². The summed E-state index contributed by atoms with van der Waals surface area (Å²) >= 11 is 0. The van der Waals surface area contributed by atoms with Crippen LogP contribution in [0.3, 0.4) is 0 Å². The minimum absolute atomic E-state index is 0.0387. The third-order valence-electron chi connectivity index (χ3n) is 3.31. The summed E-state index contributed by atoms with van der Waals surface area (Å²) in [7, 11) is -1.34. The molecule has 0 aliphatic carbocycles. The minimum atomic E-state index is -1.34. The Hall–Kier alpha value is -1.75. The van der Waals surface area contributed by atoms with Crippen molar-refractivity contribution >= 4 is 18.9 Å². The van der Waals surface area contributed by atoms with Gasteiger partial charge in [0.2, 0.25) is 0 Å². The third-order valence-corrected chi connectivity index (χ3v) is 5.38. The number of hydrogen-bond acceptors (Lipinski definition) is 1. The fraction of sp³-hybridized carbons (Fsp3) is 0.250. The van der Waals surface area contributed by atoms with Crippen molar-refractivity contribution in [2.45, 2.75) is 26.2 Å². The van der Waals surface area contributed by atoms with E-state index < -0.39 is 25.5 Å². The van der Waals surface area contributed by atoms with Gasteiger partial charge in [-0.1, -0.05) is 49.1 Å². The molecule has 0 radical (unpaired) electrons. The summed E-state index contributed by atoms with van der Waals surface area (Å²) in [5.74, 6) is -3.04. The zero-order chi connectivity index (χ0) is 15.6. The Kier molecular flexibility index (Phi) is 4.42. The van der Waals surface area contributed by atoms with Gasteiger partial charge in [-0.2, -0.15) is 0 Å². The molecule has 0 fully saturated rings. The molecule has 0 aliphatic heterocycles. The first-order valence-corrected chi connectivity index (χ1v) is 10.3. The standard InChI is InChI=1S/C16H18F3NSi/c1-21(2,3)12-6-4-11(5-7-12)10-20-16-9-14(18)13(17)8-15(16)19/h4-9,20H,10H2,1-3H3. The number of halogens is 3. The quantitative estimate of drug-likeness (QED) is 0.657. The van der Waals surface area contributed by atoms with E-state index in [1.54, 1.807) is 0 Å². The number of hydrogen-bond donors (Lipinski definition) is 1. The molecule has 0 aromatic heterocycles. The first-order chi connectivity index (χ1) is 9.77. The Morgan fingerprint density at radius 1 is 0.857 bits per heavy atom. The average molecular weight is 309 g/mol. The van der Waals surface area contributed by atoms with Crippen LogP contribution in [0, 0.1) is 17.5 Å². The Balaban J connectivity index is 2.08. The van der Waals surface area contributed by atoms with Crippen LogP contribution in [0.15, 0.2) is 36.4 Å². The van der Waals surface area contributed by atoms with Crippen LogP contribution in [-0.2, 0) is 6.54 Å². The molecule has 0 saturated carbocycles. The van der Waals surface area contributed by atoms with Crippen molar-refractivity contribution in [3.8, 4) is 0 Å². The summed E-state index contributed by atoms with van der Waals surface area (Å²) in [6.07, 6.45) is 0. The maximum absolute atomic E-state index is 13.5. The number of rotatable bonds is 4. The van der Waals surface area contributed by atoms with E-state index >= 15 is 0 Å². The Labute approximate surface area is 123 Å². The summed E-state index contributed by atoms with van der Waals surface area (Å²) in [5, 5.41) is 4.12. The molecule has 0 aliphatic rings. The highest BCUT2D eigenvalue weighted by Gasteiger charge is 2.15. The molecule has 0 unspecified atom stereocenters. The van der Waals surface area contributed by atoms with Crippen molar-refractivity contribution in [3.63, 3.8) is 0 Å². The van der Waals surface area contributed by atoms with Crippen molar-refractivity contribution in [1.82, 2.24) is 0 Å². The molecule has 0 spiro atoms. The molecule has 21 heavy (non-hydrogen) atoms. The minimum Gasteiger partial charge on any atom is -0.379 e. The smallest absolute Gasteiger partial charge is 0.161 e. The van der Waals surface area contributed by atoms with Gasteiger partial charge in [0.25, 0.3) is 0 Å². The summed E-state index contributed by atoms with van der Waals surface area (Å²) in [4.78, 5) is 0. The van der Waals surface area contributed by atoms with Crippen LogP contribution in [-0.4, -0.2) is 8.07 Å². The van der Waals surface area contributed by atoms with Gasteiger partial charge in [-0.15, -0.1) is 0 Å². The van der Waals surface area contributed by atoms with Crippen molar-refractivity contribution in [2.24, 2.45) is 0 Å². The molecule has 0 heterocycles. The molecule has 0 atom stereocenters. The molecule has 0 bridgehead atoms. The highest BCUT2D eigenvalue weighted by molar-refractivity contribution is 6.88. The summed E-state index contributed by atoms with van der Waals surface area (Å²) in [6, 6.07) is 9.47. The first-order valence-electron chi connectivity index (χ1n) is 6.75. The maximum Gasteiger partial charge on any atom is 0.161 e. The highest BCUT2D eigenvalue weighted by Crippen LogP contribution is 2.19. The topological polar surface area (TPSA) is 12.0 Å². The predicted molar refractivity (Wildman–Crippen MR) is 83.1 cm³/mol. The van der Waals surface area contributed by atoms with Gasteiger partial charge in [0.15, 0.2) is 11.6 Å². The van der Waals surface area contributed by atoms with Crippen LogP contribution >= 0.6 is 0 Å². The Morgan fingerprint density at radius 2 is 1.43 bits per heavy atom. The van der Waals surface area contributed by atoms with E-state index in [4.69, 9.17) is 0 Å². The van der Waals surface area contributed by atoms with Gasteiger partial charge in [0.05, 0.1) is 13.8 Å². The van der Waals surface area contributed by atoms with Gasteiger partial charge < -0.3 is 5.32 Å². The third kappa shape index (κ3) is 3.88. The Bertz CT molecular complexity index is 633. The van der Waals surface area contributed by atoms with Crippen LogP contribution in [0.2, 0.25) is 19.6 Å². The van der Waals surface area contributed by atoms with Crippen LogP contribution in [0.4, 0.5) is 18.9 Å². The molecule has 2 aromatic carbocycles. The fourth-order valence-electron chi connectivity index (χ4n) is 1.98. The molecule has 1 N–H and O–H groups in total. The molecular formula is C16H18F3NSi. The molecule has 0 saturated heterocycles. The monoisotopic (exact) mass is 309 g/mol. The van der Waals surface area contributed by atoms with E-state index in [9.17, 15) is 13.2 Å². The fourth-order valence-corrected chi connectivity index (χ4v) is 3.14. The zero-order valence-corrected chi connectivity index (χ0v) is 13.3. The van der Waals surface area contributed by atoms with E-state index in [-0.39, 0.29) is 5.69 Å². The second-order valence-electron chi connectivity index (χ2n) is 6.05. The second-order valence-corrected chi connectivity index (χ2v) is 11.1. The van der Waals surface area contributed by atoms with Gasteiger partial charge in [-0.3, -0.25) is 0 Å². The van der Waals surface area contributed by atoms with E-state index in [2.05, 4.69) is 37.1 Å². The van der Waals surface area contributed by atoms with Gasteiger partial charge in [-0.25, -0.2) is 13.2 Å². The average Bonchev–Trinajstić information content (AvgIpc) is 2.41. The van der Waals surface area contributed by atoms with Crippen LogP contribution in [0.1, 0.15) is 5.56 Å². The SMILES string of the molecule is C[Si](C)(C)c1ccc(CNc2cc(F)c(F)cc2F)cc1. The second kappa shape index (κ2) is 5.93. The molecule has 112 valence electrons. The lowest BCUT2D eigenvalue weighted by Gasteiger charge is -2.17. The number of anilines is 1. The highest BCUT2D eigenvalue weighted by atomic mass is 28.3. The lowest BCUT2D eigenvalue weighted by Crippen LogP contribution is -2.37. The molecule has 2 rings (SSSR count). The van der Waals surface area contributed by atoms with Crippen molar-refractivity contribution in [3.05, 3.63) is 59.4 Å². The van der Waals surface area contributed by atoms with E-state index in [1.165, 1.54) is 5.19 Å².